The van der Waals surface area contributed by atoms with E-state index in [1.165, 1.54) is 0 Å². The molecule has 0 saturated heterocycles. The van der Waals surface area contributed by atoms with Crippen LogP contribution in [0.5, 0.6) is 11.5 Å². The molecule has 0 saturated carbocycles. The molecule has 1 aliphatic rings. The van der Waals surface area contributed by atoms with Crippen molar-refractivity contribution in [3.05, 3.63) is 81.2 Å². The van der Waals surface area contributed by atoms with Crippen LogP contribution in [0.4, 0.5) is 0 Å². The Morgan fingerprint density at radius 3 is 2.58 bits per heavy atom. The number of fused-ring (bicyclic) bond motifs is 2. The van der Waals surface area contributed by atoms with Crippen LogP contribution in [-0.4, -0.2) is 30.6 Å². The smallest absolute Gasteiger partial charge is 0.291 e. The summed E-state index contributed by atoms with van der Waals surface area (Å²) in [6, 6.07) is 8.71. The van der Waals surface area contributed by atoms with Gasteiger partial charge in [0.25, 0.3) is 5.91 Å². The molecule has 33 heavy (non-hydrogen) atoms. The van der Waals surface area contributed by atoms with Gasteiger partial charge in [0.05, 0.1) is 30.2 Å². The SMILES string of the molecule is C=CCN1C(=O)c2oc3cc(C)cc(C)c3c(=O)c2C1c1ccc(OCCC)c(OCC)c1. The maximum Gasteiger partial charge on any atom is 0.291 e. The molecule has 0 fully saturated rings. The molecule has 1 aliphatic heterocycles. The van der Waals surface area contributed by atoms with Crippen molar-refractivity contribution in [1.29, 1.82) is 0 Å². The molecule has 1 aromatic heterocycles. The van der Waals surface area contributed by atoms with Gasteiger partial charge in [0.2, 0.25) is 5.76 Å². The average Bonchev–Trinajstić information content (AvgIpc) is 3.05. The minimum Gasteiger partial charge on any atom is -0.490 e. The number of carbonyl (C=O) groups is 1. The van der Waals surface area contributed by atoms with E-state index < -0.39 is 6.04 Å². The number of benzene rings is 2. The zero-order valence-corrected chi connectivity index (χ0v) is 19.6. The first kappa shape index (κ1) is 22.6. The van der Waals surface area contributed by atoms with Gasteiger partial charge in [0.1, 0.15) is 5.58 Å². The quantitative estimate of drug-likeness (QED) is 0.437. The van der Waals surface area contributed by atoms with Gasteiger partial charge < -0.3 is 18.8 Å². The van der Waals surface area contributed by atoms with Crippen molar-refractivity contribution in [2.24, 2.45) is 0 Å². The molecule has 0 bridgehead atoms. The summed E-state index contributed by atoms with van der Waals surface area (Å²) in [4.78, 5) is 28.7. The monoisotopic (exact) mass is 447 g/mol. The first-order valence-corrected chi connectivity index (χ1v) is 11.3. The second-order valence-electron chi connectivity index (χ2n) is 8.27. The van der Waals surface area contributed by atoms with Crippen molar-refractivity contribution in [2.75, 3.05) is 19.8 Å². The van der Waals surface area contributed by atoms with Crippen molar-refractivity contribution in [2.45, 2.75) is 40.2 Å². The van der Waals surface area contributed by atoms with Crippen LogP contribution >= 0.6 is 0 Å². The molecule has 1 amide bonds. The summed E-state index contributed by atoms with van der Waals surface area (Å²) in [6.07, 6.45) is 2.52. The standard InChI is InChI=1S/C27H29NO5/c1-6-11-28-24(18-9-10-19(32-12-7-2)20(15-18)31-8-3)23-25(29)22-17(5)13-16(4)14-21(22)33-26(23)27(28)30/h6,9-10,13-15,24H,1,7-8,11-12H2,2-5H3. The minimum atomic E-state index is -0.605. The van der Waals surface area contributed by atoms with E-state index in [2.05, 4.69) is 6.58 Å². The Kier molecular flexibility index (Phi) is 6.27. The lowest BCUT2D eigenvalue weighted by molar-refractivity contribution is 0.0748. The summed E-state index contributed by atoms with van der Waals surface area (Å²) in [5.41, 5.74) is 3.16. The summed E-state index contributed by atoms with van der Waals surface area (Å²) in [5, 5.41) is 0.505. The summed E-state index contributed by atoms with van der Waals surface area (Å²) in [6.45, 7) is 12.9. The van der Waals surface area contributed by atoms with E-state index in [-0.39, 0.29) is 23.6 Å². The second kappa shape index (κ2) is 9.14. The van der Waals surface area contributed by atoms with E-state index >= 15 is 0 Å². The molecule has 3 aromatic rings. The number of rotatable bonds is 8. The first-order chi connectivity index (χ1) is 15.9. The highest BCUT2D eigenvalue weighted by molar-refractivity contribution is 5.99. The van der Waals surface area contributed by atoms with Gasteiger partial charge in [-0.05, 0) is 62.1 Å². The summed E-state index contributed by atoms with van der Waals surface area (Å²) < 4.78 is 17.7. The van der Waals surface area contributed by atoms with Crippen LogP contribution in [0.2, 0.25) is 0 Å². The largest absolute Gasteiger partial charge is 0.490 e. The predicted molar refractivity (Wildman–Crippen MR) is 128 cm³/mol. The highest BCUT2D eigenvalue weighted by Crippen LogP contribution is 2.41. The third kappa shape index (κ3) is 3.90. The average molecular weight is 448 g/mol. The molecule has 0 aliphatic carbocycles. The van der Waals surface area contributed by atoms with Gasteiger partial charge in [-0.1, -0.05) is 25.1 Å². The first-order valence-electron chi connectivity index (χ1n) is 11.3. The van der Waals surface area contributed by atoms with Crippen molar-refractivity contribution in [3.63, 3.8) is 0 Å². The summed E-state index contributed by atoms with van der Waals surface area (Å²) >= 11 is 0. The Balaban J connectivity index is 1.94. The molecular formula is C27H29NO5. The van der Waals surface area contributed by atoms with E-state index in [4.69, 9.17) is 13.9 Å². The Labute approximate surface area is 193 Å². The van der Waals surface area contributed by atoms with Crippen LogP contribution in [0.25, 0.3) is 11.0 Å². The number of hydrogen-bond acceptors (Lipinski definition) is 5. The van der Waals surface area contributed by atoms with Crippen LogP contribution in [0.1, 0.15) is 59.1 Å². The third-order valence-electron chi connectivity index (χ3n) is 5.78. The van der Waals surface area contributed by atoms with Crippen molar-refractivity contribution < 1.29 is 18.7 Å². The van der Waals surface area contributed by atoms with Crippen LogP contribution < -0.4 is 14.9 Å². The lowest BCUT2D eigenvalue weighted by atomic mass is 9.96. The topological polar surface area (TPSA) is 69.0 Å². The van der Waals surface area contributed by atoms with Gasteiger partial charge in [-0.15, -0.1) is 6.58 Å². The highest BCUT2D eigenvalue weighted by atomic mass is 16.5. The van der Waals surface area contributed by atoms with Gasteiger partial charge in [0, 0.05) is 6.54 Å². The number of carbonyl (C=O) groups excluding carboxylic acids is 1. The van der Waals surface area contributed by atoms with E-state index in [0.717, 1.165) is 23.1 Å². The fraction of sp³-hybridized carbons (Fsp3) is 0.333. The van der Waals surface area contributed by atoms with Crippen LogP contribution in [0, 0.1) is 13.8 Å². The number of aryl methyl sites for hydroxylation is 2. The number of ether oxygens (including phenoxy) is 2. The van der Waals surface area contributed by atoms with Gasteiger partial charge in [-0.25, -0.2) is 0 Å². The lowest BCUT2D eigenvalue weighted by Crippen LogP contribution is -2.29. The van der Waals surface area contributed by atoms with Gasteiger partial charge in [-0.3, -0.25) is 9.59 Å². The fourth-order valence-electron chi connectivity index (χ4n) is 4.48. The minimum absolute atomic E-state index is 0.0913. The summed E-state index contributed by atoms with van der Waals surface area (Å²) in [7, 11) is 0. The molecule has 2 aromatic carbocycles. The Morgan fingerprint density at radius 1 is 1.09 bits per heavy atom. The molecule has 172 valence electrons. The number of amides is 1. The molecule has 0 spiro atoms. The van der Waals surface area contributed by atoms with E-state index in [1.807, 2.05) is 52.0 Å². The number of hydrogen-bond donors (Lipinski definition) is 0. The molecule has 2 heterocycles. The zero-order valence-electron chi connectivity index (χ0n) is 19.6. The number of nitrogens with zero attached hydrogens (tertiary/aromatic N) is 1. The zero-order chi connectivity index (χ0) is 23.7. The second-order valence-corrected chi connectivity index (χ2v) is 8.27. The normalized spacial score (nSPS) is 15.1. The maximum atomic E-state index is 13.7. The molecule has 0 N–H and O–H groups in total. The summed E-state index contributed by atoms with van der Waals surface area (Å²) in [5.74, 6) is 0.991. The molecule has 6 heteroatoms. The van der Waals surface area contributed by atoms with Gasteiger partial charge >= 0.3 is 0 Å². The Morgan fingerprint density at radius 2 is 1.88 bits per heavy atom. The maximum absolute atomic E-state index is 13.7. The van der Waals surface area contributed by atoms with Crippen molar-refractivity contribution >= 4 is 16.9 Å². The van der Waals surface area contributed by atoms with Crippen molar-refractivity contribution in [3.8, 4) is 11.5 Å². The van der Waals surface area contributed by atoms with E-state index in [9.17, 15) is 9.59 Å². The van der Waals surface area contributed by atoms with Crippen molar-refractivity contribution in [1.82, 2.24) is 4.90 Å². The fourth-order valence-corrected chi connectivity index (χ4v) is 4.48. The molecule has 6 nitrogen and oxygen atoms in total. The van der Waals surface area contributed by atoms with Crippen LogP contribution in [0.3, 0.4) is 0 Å². The van der Waals surface area contributed by atoms with Crippen LogP contribution in [-0.2, 0) is 0 Å². The molecule has 1 unspecified atom stereocenters. The van der Waals surface area contributed by atoms with Crippen LogP contribution in [0.15, 0.2) is 52.2 Å². The Bertz CT molecular complexity index is 1290. The van der Waals surface area contributed by atoms with E-state index in [0.29, 0.717) is 41.2 Å². The van der Waals surface area contributed by atoms with E-state index in [1.54, 1.807) is 17.0 Å². The molecule has 1 atom stereocenters. The molecular weight excluding hydrogens is 418 g/mol. The Hall–Kier alpha value is -3.54. The van der Waals surface area contributed by atoms with Gasteiger partial charge in [-0.2, -0.15) is 0 Å². The third-order valence-corrected chi connectivity index (χ3v) is 5.78. The highest BCUT2D eigenvalue weighted by Gasteiger charge is 2.42. The predicted octanol–water partition coefficient (Wildman–Crippen LogP) is 5.33. The lowest BCUT2D eigenvalue weighted by Gasteiger charge is -2.24. The molecule has 0 radical (unpaired) electrons. The van der Waals surface area contributed by atoms with Gasteiger partial charge in [0.15, 0.2) is 16.9 Å². The molecule has 4 rings (SSSR count).